The number of fused-ring (bicyclic) bond motifs is 1. The summed E-state index contributed by atoms with van der Waals surface area (Å²) in [4.78, 5) is 6.02. The number of piperidine rings is 1. The third-order valence-corrected chi connectivity index (χ3v) is 6.01. The van der Waals surface area contributed by atoms with Gasteiger partial charge in [-0.2, -0.15) is 13.2 Å². The molecule has 2 saturated heterocycles. The number of para-hydroxylation sites is 1. The van der Waals surface area contributed by atoms with Gasteiger partial charge in [-0.25, -0.2) is 0 Å². The van der Waals surface area contributed by atoms with Crippen molar-refractivity contribution in [2.24, 2.45) is 0 Å². The monoisotopic (exact) mass is 396 g/mol. The van der Waals surface area contributed by atoms with E-state index < -0.39 is 29.0 Å². The van der Waals surface area contributed by atoms with Gasteiger partial charge in [-0.05, 0) is 31.9 Å². The molecule has 1 aromatic carbocycles. The van der Waals surface area contributed by atoms with Crippen molar-refractivity contribution in [3.8, 4) is 0 Å². The van der Waals surface area contributed by atoms with Crippen LogP contribution in [-0.4, -0.2) is 52.2 Å². The number of alkyl halides is 3. The van der Waals surface area contributed by atoms with Crippen molar-refractivity contribution in [3.63, 3.8) is 0 Å². The highest BCUT2D eigenvalue weighted by Crippen LogP contribution is 2.42. The van der Waals surface area contributed by atoms with E-state index in [1.165, 1.54) is 12.3 Å². The maximum absolute atomic E-state index is 13.3. The number of anilines is 1. The average Bonchev–Trinajstić information content (AvgIpc) is 2.64. The summed E-state index contributed by atoms with van der Waals surface area (Å²) in [6, 6.07) is 5.86. The number of ether oxygens (including phenoxy) is 1. The Morgan fingerprint density at radius 1 is 1.21 bits per heavy atom. The van der Waals surface area contributed by atoms with E-state index in [0.29, 0.717) is 43.4 Å². The fraction of sp³-hybridized carbons (Fsp3) is 0.550. The second-order valence-electron chi connectivity index (χ2n) is 8.06. The number of pyridine rings is 1. The minimum atomic E-state index is -4.46. The van der Waals surface area contributed by atoms with Gasteiger partial charge in [0.25, 0.3) is 0 Å². The molecule has 2 N–H and O–H groups in total. The van der Waals surface area contributed by atoms with E-state index in [2.05, 4.69) is 4.98 Å². The Hall–Kier alpha value is -1.90. The number of aliphatic hydroxyl groups is 2. The maximum atomic E-state index is 13.3. The molecule has 8 heteroatoms. The molecule has 4 rings (SSSR count). The third-order valence-electron chi connectivity index (χ3n) is 6.01. The Bertz CT molecular complexity index is 877. The zero-order valence-electron chi connectivity index (χ0n) is 15.5. The largest absolute Gasteiger partial charge is 0.418 e. The number of aliphatic hydroxyl groups excluding tert-OH is 1. The van der Waals surface area contributed by atoms with Crippen molar-refractivity contribution in [2.45, 2.75) is 49.7 Å². The number of benzene rings is 1. The molecule has 2 fully saturated rings. The van der Waals surface area contributed by atoms with E-state index in [4.69, 9.17) is 4.74 Å². The van der Waals surface area contributed by atoms with Crippen LogP contribution < -0.4 is 4.90 Å². The number of halogens is 3. The van der Waals surface area contributed by atoms with Gasteiger partial charge in [0.15, 0.2) is 0 Å². The quantitative estimate of drug-likeness (QED) is 0.776. The van der Waals surface area contributed by atoms with E-state index in [9.17, 15) is 23.4 Å². The number of aromatic nitrogens is 1. The summed E-state index contributed by atoms with van der Waals surface area (Å²) in [6.07, 6.45) is -2.38. The van der Waals surface area contributed by atoms with Crippen molar-refractivity contribution in [1.82, 2.24) is 4.98 Å². The average molecular weight is 396 g/mol. The normalized spacial score (nSPS) is 28.1. The van der Waals surface area contributed by atoms with Crippen LogP contribution in [0.4, 0.5) is 18.9 Å². The summed E-state index contributed by atoms with van der Waals surface area (Å²) in [6.45, 7) is 2.87. The predicted octanol–water partition coefficient (Wildman–Crippen LogP) is 3.12. The zero-order chi connectivity index (χ0) is 20.2. The zero-order valence-corrected chi connectivity index (χ0v) is 15.5. The van der Waals surface area contributed by atoms with E-state index >= 15 is 0 Å². The summed E-state index contributed by atoms with van der Waals surface area (Å²) < 4.78 is 45.9. The van der Waals surface area contributed by atoms with Crippen molar-refractivity contribution in [3.05, 3.63) is 36.0 Å². The molecule has 0 radical (unpaired) electrons. The number of nitrogens with zero attached hydrogens (tertiary/aromatic N) is 2. The highest BCUT2D eigenvalue weighted by molar-refractivity contribution is 5.93. The molecule has 3 heterocycles. The summed E-state index contributed by atoms with van der Waals surface area (Å²) in [5.41, 5.74) is -1.78. The SMILES string of the molecule is C[C@]1(O)CC2(CCN(c3ccnc4c(C(F)(F)F)cccc34)CC2)OC[C@@H]1O. The molecule has 1 spiro atoms. The van der Waals surface area contributed by atoms with Crippen LogP contribution in [0.2, 0.25) is 0 Å². The summed E-state index contributed by atoms with van der Waals surface area (Å²) in [7, 11) is 0. The molecule has 28 heavy (non-hydrogen) atoms. The molecule has 2 aromatic rings. The topological polar surface area (TPSA) is 65.8 Å². The molecule has 1 aromatic heterocycles. The van der Waals surface area contributed by atoms with Crippen LogP contribution in [0.25, 0.3) is 10.9 Å². The summed E-state index contributed by atoms with van der Waals surface area (Å²) in [5, 5.41) is 20.8. The number of rotatable bonds is 1. The van der Waals surface area contributed by atoms with Crippen molar-refractivity contribution < 1.29 is 28.1 Å². The van der Waals surface area contributed by atoms with E-state index in [-0.39, 0.29) is 12.1 Å². The lowest BCUT2D eigenvalue weighted by Crippen LogP contribution is -2.59. The van der Waals surface area contributed by atoms with Crippen LogP contribution in [0.15, 0.2) is 30.5 Å². The molecular weight excluding hydrogens is 373 g/mol. The lowest BCUT2D eigenvalue weighted by atomic mass is 9.76. The molecule has 2 aliphatic rings. The summed E-state index contributed by atoms with van der Waals surface area (Å²) in [5.74, 6) is 0. The third kappa shape index (κ3) is 3.33. The highest BCUT2D eigenvalue weighted by atomic mass is 19.4. The Morgan fingerprint density at radius 3 is 2.57 bits per heavy atom. The molecule has 0 saturated carbocycles. The molecule has 0 aliphatic carbocycles. The van der Waals surface area contributed by atoms with E-state index in [1.54, 1.807) is 19.1 Å². The van der Waals surface area contributed by atoms with Gasteiger partial charge in [0.1, 0.15) is 6.10 Å². The Morgan fingerprint density at radius 2 is 1.93 bits per heavy atom. The minimum absolute atomic E-state index is 0.0484. The predicted molar refractivity (Wildman–Crippen MR) is 98.1 cm³/mol. The van der Waals surface area contributed by atoms with Crippen LogP contribution >= 0.6 is 0 Å². The number of hydrogen-bond donors (Lipinski definition) is 2. The fourth-order valence-electron chi connectivity index (χ4n) is 4.40. The van der Waals surface area contributed by atoms with Crippen molar-refractivity contribution in [1.29, 1.82) is 0 Å². The van der Waals surface area contributed by atoms with Gasteiger partial charge in [-0.3, -0.25) is 4.98 Å². The van der Waals surface area contributed by atoms with Gasteiger partial charge >= 0.3 is 6.18 Å². The van der Waals surface area contributed by atoms with E-state index in [0.717, 1.165) is 6.07 Å². The fourth-order valence-corrected chi connectivity index (χ4v) is 4.40. The molecule has 0 amide bonds. The number of hydrogen-bond acceptors (Lipinski definition) is 5. The molecule has 2 atom stereocenters. The first-order valence-corrected chi connectivity index (χ1v) is 9.36. The second-order valence-corrected chi connectivity index (χ2v) is 8.06. The molecular formula is C20H23F3N2O3. The van der Waals surface area contributed by atoms with Crippen LogP contribution in [0.1, 0.15) is 31.7 Å². The molecule has 0 bridgehead atoms. The summed E-state index contributed by atoms with van der Waals surface area (Å²) >= 11 is 0. The maximum Gasteiger partial charge on any atom is 0.418 e. The van der Waals surface area contributed by atoms with Gasteiger partial charge in [-0.1, -0.05) is 12.1 Å². The van der Waals surface area contributed by atoms with Crippen LogP contribution in [0.3, 0.4) is 0 Å². The van der Waals surface area contributed by atoms with Crippen LogP contribution in [0, 0.1) is 0 Å². The van der Waals surface area contributed by atoms with Gasteiger partial charge in [-0.15, -0.1) is 0 Å². The van der Waals surface area contributed by atoms with E-state index in [1.807, 2.05) is 4.90 Å². The second kappa shape index (κ2) is 6.57. The Balaban J connectivity index is 1.60. The van der Waals surface area contributed by atoms with Crippen LogP contribution in [-0.2, 0) is 10.9 Å². The van der Waals surface area contributed by atoms with Gasteiger partial charge < -0.3 is 19.8 Å². The molecule has 2 aliphatic heterocycles. The molecule has 0 unspecified atom stereocenters. The Kier molecular flexibility index (Phi) is 4.56. The van der Waals surface area contributed by atoms with Gasteiger partial charge in [0.05, 0.1) is 28.9 Å². The molecule has 5 nitrogen and oxygen atoms in total. The lowest BCUT2D eigenvalue weighted by Gasteiger charge is -2.50. The first kappa shape index (κ1) is 19.4. The minimum Gasteiger partial charge on any atom is -0.388 e. The van der Waals surface area contributed by atoms with Crippen molar-refractivity contribution >= 4 is 16.6 Å². The van der Waals surface area contributed by atoms with Crippen molar-refractivity contribution in [2.75, 3.05) is 24.6 Å². The van der Waals surface area contributed by atoms with Gasteiger partial charge in [0.2, 0.25) is 0 Å². The first-order valence-electron chi connectivity index (χ1n) is 9.36. The molecule has 152 valence electrons. The smallest absolute Gasteiger partial charge is 0.388 e. The van der Waals surface area contributed by atoms with Crippen LogP contribution in [0.5, 0.6) is 0 Å². The van der Waals surface area contributed by atoms with Gasteiger partial charge in [0, 0.05) is 36.8 Å². The first-order chi connectivity index (χ1) is 13.1. The highest BCUT2D eigenvalue weighted by Gasteiger charge is 2.48. The standard InChI is InChI=1S/C20H23F3N2O3/c1-18(27)12-19(28-11-16(18)26)6-9-25(10-7-19)15-5-8-24-17-13(15)3-2-4-14(17)20(21,22)23/h2-5,8,16,26-27H,6-7,9-12H2,1H3/t16-,18-/m0/s1. The lowest BCUT2D eigenvalue weighted by molar-refractivity contribution is -0.216. The Labute approximate surface area is 160 Å².